The molecule has 2 N–H and O–H groups in total. The van der Waals surface area contributed by atoms with Crippen molar-refractivity contribution in [3.8, 4) is 0 Å². The van der Waals surface area contributed by atoms with Crippen LogP contribution in [0.25, 0.3) is 20.2 Å². The molecule has 0 unspecified atom stereocenters. The zero-order valence-electron chi connectivity index (χ0n) is 15.2. The summed E-state index contributed by atoms with van der Waals surface area (Å²) in [6.07, 6.45) is 1.99. The fourth-order valence-electron chi connectivity index (χ4n) is 2.87. The van der Waals surface area contributed by atoms with Gasteiger partial charge in [0.25, 0.3) is 0 Å². The quantitative estimate of drug-likeness (QED) is 0.567. The maximum absolute atomic E-state index is 12.7. The van der Waals surface area contributed by atoms with Crippen molar-refractivity contribution < 1.29 is 9.59 Å². The first-order valence-electron chi connectivity index (χ1n) is 9.10. The maximum Gasteiger partial charge on any atom is 0.224 e. The molecule has 1 aromatic heterocycles. The van der Waals surface area contributed by atoms with E-state index in [0.717, 1.165) is 15.8 Å². The van der Waals surface area contributed by atoms with Gasteiger partial charge in [-0.05, 0) is 43.2 Å². The lowest BCUT2D eigenvalue weighted by Crippen LogP contribution is -2.24. The van der Waals surface area contributed by atoms with Crippen molar-refractivity contribution in [3.63, 3.8) is 0 Å². The Morgan fingerprint density at radius 3 is 2.46 bits per heavy atom. The molecule has 6 heteroatoms. The van der Waals surface area contributed by atoms with E-state index in [1.54, 1.807) is 23.5 Å². The minimum absolute atomic E-state index is 0. The Balaban J connectivity index is 0.00000280. The highest BCUT2D eigenvalue weighted by atomic mass is 32.1. The third kappa shape index (κ3) is 5.16. The van der Waals surface area contributed by atoms with Gasteiger partial charge in [0.05, 0.1) is 0 Å². The molecule has 0 aliphatic rings. The van der Waals surface area contributed by atoms with Crippen molar-refractivity contribution in [3.05, 3.63) is 52.7 Å². The Morgan fingerprint density at radius 1 is 0.964 bits per heavy atom. The number of carbonyl (C=O) groups excluding carboxylic acids is 2. The normalized spacial score (nSPS) is 10.5. The molecule has 2 aromatic carbocycles. The number of anilines is 1. The summed E-state index contributed by atoms with van der Waals surface area (Å²) < 4.78 is 1.84. The lowest BCUT2D eigenvalue weighted by atomic mass is 10.1. The van der Waals surface area contributed by atoms with E-state index in [9.17, 15) is 14.4 Å². The fourth-order valence-corrected chi connectivity index (χ4v) is 3.92. The lowest BCUT2D eigenvalue weighted by molar-refractivity contribution is -0.121. The number of hydrogen-bond acceptors (Lipinski definition) is 4. The second kappa shape index (κ2) is 9.99. The Bertz CT molecular complexity index is 1040. The third-order valence-electron chi connectivity index (χ3n) is 4.24. The van der Waals surface area contributed by atoms with Crippen LogP contribution >= 0.6 is 11.3 Å². The van der Waals surface area contributed by atoms with Crippen molar-refractivity contribution in [2.45, 2.75) is 40.0 Å². The standard InChI is InChI=1S/C21H22N2O3S.CH4/c1-2-12-22-19(24)8-5-9-20(25)23-14-10-11-18-16(13-14)21(26)15-6-3-4-7-17(15)27-18;/h3-4,6-7,10-11,13H,2,5,8-9,12H2,1H3,(H,22,24)(H,23,25);1H4. The van der Waals surface area contributed by atoms with E-state index >= 15 is 0 Å². The summed E-state index contributed by atoms with van der Waals surface area (Å²) in [5.41, 5.74) is 0.575. The van der Waals surface area contributed by atoms with Gasteiger partial charge >= 0.3 is 0 Å². The van der Waals surface area contributed by atoms with Crippen LogP contribution in [0.3, 0.4) is 0 Å². The molecule has 0 atom stereocenters. The number of fused-ring (bicyclic) bond motifs is 2. The molecule has 0 fully saturated rings. The van der Waals surface area contributed by atoms with Crippen molar-refractivity contribution in [1.29, 1.82) is 0 Å². The van der Waals surface area contributed by atoms with Gasteiger partial charge in [0, 0.05) is 45.2 Å². The first kappa shape index (κ1) is 21.6. The van der Waals surface area contributed by atoms with E-state index in [1.807, 2.05) is 37.3 Å². The summed E-state index contributed by atoms with van der Waals surface area (Å²) in [6, 6.07) is 12.9. The first-order valence-corrected chi connectivity index (χ1v) is 9.92. The molecule has 0 bridgehead atoms. The minimum Gasteiger partial charge on any atom is -0.356 e. The van der Waals surface area contributed by atoms with E-state index in [4.69, 9.17) is 0 Å². The highest BCUT2D eigenvalue weighted by Gasteiger charge is 2.09. The highest BCUT2D eigenvalue weighted by molar-refractivity contribution is 7.24. The van der Waals surface area contributed by atoms with Gasteiger partial charge in [-0.25, -0.2) is 0 Å². The molecule has 2 amide bonds. The molecule has 3 aromatic rings. The number of hydrogen-bond donors (Lipinski definition) is 2. The molecule has 0 saturated heterocycles. The fraction of sp³-hybridized carbons (Fsp3) is 0.318. The van der Waals surface area contributed by atoms with Gasteiger partial charge < -0.3 is 10.6 Å². The topological polar surface area (TPSA) is 75.3 Å². The molecule has 3 rings (SSSR count). The summed E-state index contributed by atoms with van der Waals surface area (Å²) in [4.78, 5) is 36.4. The smallest absolute Gasteiger partial charge is 0.224 e. The monoisotopic (exact) mass is 398 g/mol. The third-order valence-corrected chi connectivity index (χ3v) is 5.39. The van der Waals surface area contributed by atoms with Gasteiger partial charge in [-0.3, -0.25) is 14.4 Å². The molecular formula is C22H26N2O3S. The molecule has 5 nitrogen and oxygen atoms in total. The van der Waals surface area contributed by atoms with Crippen LogP contribution in [0.4, 0.5) is 5.69 Å². The van der Waals surface area contributed by atoms with E-state index in [1.165, 1.54) is 0 Å². The predicted octanol–water partition coefficient (Wildman–Crippen LogP) is 4.69. The van der Waals surface area contributed by atoms with Crippen LogP contribution in [-0.2, 0) is 9.59 Å². The average molecular weight is 399 g/mol. The Labute approximate surface area is 168 Å². The van der Waals surface area contributed by atoms with Gasteiger partial charge in [-0.15, -0.1) is 11.3 Å². The Morgan fingerprint density at radius 2 is 1.68 bits per heavy atom. The van der Waals surface area contributed by atoms with Crippen LogP contribution in [-0.4, -0.2) is 18.4 Å². The number of rotatable bonds is 7. The van der Waals surface area contributed by atoms with Crippen molar-refractivity contribution in [1.82, 2.24) is 5.32 Å². The Kier molecular flexibility index (Phi) is 7.70. The van der Waals surface area contributed by atoms with Crippen LogP contribution in [0, 0.1) is 0 Å². The summed E-state index contributed by atoms with van der Waals surface area (Å²) in [7, 11) is 0. The van der Waals surface area contributed by atoms with Crippen LogP contribution in [0.1, 0.15) is 40.0 Å². The number of amides is 2. The second-order valence-electron chi connectivity index (χ2n) is 6.39. The average Bonchev–Trinajstić information content (AvgIpc) is 2.67. The van der Waals surface area contributed by atoms with Crippen molar-refractivity contribution in [2.24, 2.45) is 0 Å². The molecule has 148 valence electrons. The van der Waals surface area contributed by atoms with Crippen LogP contribution in [0.15, 0.2) is 47.3 Å². The number of carbonyl (C=O) groups is 2. The van der Waals surface area contributed by atoms with Gasteiger partial charge in [-0.1, -0.05) is 26.5 Å². The summed E-state index contributed by atoms with van der Waals surface area (Å²) >= 11 is 1.56. The lowest BCUT2D eigenvalue weighted by Gasteiger charge is -2.07. The van der Waals surface area contributed by atoms with Gasteiger partial charge in [0.15, 0.2) is 5.43 Å². The van der Waals surface area contributed by atoms with Crippen LogP contribution in [0.2, 0.25) is 0 Å². The summed E-state index contributed by atoms with van der Waals surface area (Å²) in [5, 5.41) is 6.91. The van der Waals surface area contributed by atoms with Crippen LogP contribution < -0.4 is 16.1 Å². The van der Waals surface area contributed by atoms with E-state index in [-0.39, 0.29) is 31.1 Å². The summed E-state index contributed by atoms with van der Waals surface area (Å²) in [6.45, 7) is 2.66. The Hall–Kier alpha value is -2.73. The molecule has 1 heterocycles. The van der Waals surface area contributed by atoms with Gasteiger partial charge in [-0.2, -0.15) is 0 Å². The molecule has 0 aliphatic heterocycles. The molecule has 0 spiro atoms. The molecule has 28 heavy (non-hydrogen) atoms. The van der Waals surface area contributed by atoms with E-state index in [0.29, 0.717) is 35.8 Å². The minimum atomic E-state index is -0.158. The SMILES string of the molecule is C.CCCNC(=O)CCCC(=O)Nc1ccc2sc3ccccc3c(=O)c2c1. The van der Waals surface area contributed by atoms with Crippen molar-refractivity contribution >= 4 is 49.0 Å². The number of benzene rings is 2. The van der Waals surface area contributed by atoms with E-state index < -0.39 is 0 Å². The maximum atomic E-state index is 12.7. The zero-order chi connectivity index (χ0) is 19.2. The second-order valence-corrected chi connectivity index (χ2v) is 7.47. The highest BCUT2D eigenvalue weighted by Crippen LogP contribution is 2.26. The van der Waals surface area contributed by atoms with Crippen molar-refractivity contribution in [2.75, 3.05) is 11.9 Å². The predicted molar refractivity (Wildman–Crippen MR) is 118 cm³/mol. The zero-order valence-corrected chi connectivity index (χ0v) is 16.0. The molecule has 0 aliphatic carbocycles. The molecular weight excluding hydrogens is 372 g/mol. The largest absolute Gasteiger partial charge is 0.356 e. The first-order chi connectivity index (χ1) is 13.1. The molecule has 0 saturated carbocycles. The van der Waals surface area contributed by atoms with Gasteiger partial charge in [0.1, 0.15) is 0 Å². The van der Waals surface area contributed by atoms with E-state index in [2.05, 4.69) is 10.6 Å². The number of nitrogens with one attached hydrogen (secondary N) is 2. The van der Waals surface area contributed by atoms with Gasteiger partial charge in [0.2, 0.25) is 11.8 Å². The van der Waals surface area contributed by atoms with Crippen LogP contribution in [0.5, 0.6) is 0 Å². The molecule has 0 radical (unpaired) electrons. The summed E-state index contributed by atoms with van der Waals surface area (Å²) in [5.74, 6) is -0.186.